The molecule has 1 aliphatic rings. The second kappa shape index (κ2) is 6.92. The smallest absolute Gasteiger partial charge is 0.273 e. The van der Waals surface area contributed by atoms with Crippen LogP contribution < -0.4 is 0 Å². The van der Waals surface area contributed by atoms with E-state index in [0.717, 1.165) is 18.1 Å². The zero-order valence-corrected chi connectivity index (χ0v) is 15.2. The summed E-state index contributed by atoms with van der Waals surface area (Å²) in [6, 6.07) is 10.2. The Hall–Kier alpha value is -2.67. The van der Waals surface area contributed by atoms with Crippen molar-refractivity contribution < 1.29 is 4.79 Å². The zero-order valence-electron chi connectivity index (χ0n) is 14.5. The highest BCUT2D eigenvalue weighted by Crippen LogP contribution is 2.19. The Morgan fingerprint density at radius 3 is 2.69 bits per heavy atom. The molecule has 2 aromatic heterocycles. The van der Waals surface area contributed by atoms with Gasteiger partial charge in [-0.3, -0.25) is 9.48 Å². The molecule has 3 aromatic rings. The van der Waals surface area contributed by atoms with Crippen molar-refractivity contribution in [2.45, 2.75) is 19.4 Å². The SMILES string of the molecule is Cn1ncc(Cl)c1C(=O)N1CCc2nnc(Cc3ccccc3)n2CC1. The van der Waals surface area contributed by atoms with E-state index in [-0.39, 0.29) is 5.91 Å². The quantitative estimate of drug-likeness (QED) is 0.706. The molecule has 1 aromatic carbocycles. The number of benzene rings is 1. The van der Waals surface area contributed by atoms with E-state index in [1.807, 2.05) is 23.1 Å². The first kappa shape index (κ1) is 16.8. The molecule has 0 saturated carbocycles. The molecule has 1 aliphatic heterocycles. The van der Waals surface area contributed by atoms with Crippen LogP contribution in [0.3, 0.4) is 0 Å². The van der Waals surface area contributed by atoms with Gasteiger partial charge in [-0.2, -0.15) is 5.10 Å². The first-order chi connectivity index (χ1) is 12.6. The van der Waals surface area contributed by atoms with Crippen LogP contribution >= 0.6 is 11.6 Å². The van der Waals surface area contributed by atoms with Crippen LogP contribution in [-0.4, -0.2) is 48.4 Å². The maximum absolute atomic E-state index is 12.8. The predicted molar refractivity (Wildman–Crippen MR) is 97.1 cm³/mol. The van der Waals surface area contributed by atoms with Crippen molar-refractivity contribution in [2.75, 3.05) is 13.1 Å². The summed E-state index contributed by atoms with van der Waals surface area (Å²) in [7, 11) is 1.73. The predicted octanol–water partition coefficient (Wildman–Crippen LogP) is 1.95. The number of rotatable bonds is 3. The minimum absolute atomic E-state index is 0.0988. The second-order valence-electron chi connectivity index (χ2n) is 6.35. The van der Waals surface area contributed by atoms with Crippen molar-refractivity contribution >= 4 is 17.5 Å². The first-order valence-corrected chi connectivity index (χ1v) is 8.93. The van der Waals surface area contributed by atoms with Gasteiger partial charge in [0.15, 0.2) is 0 Å². The molecule has 26 heavy (non-hydrogen) atoms. The maximum Gasteiger partial charge on any atom is 0.273 e. The van der Waals surface area contributed by atoms with Crippen molar-refractivity contribution in [3.8, 4) is 0 Å². The van der Waals surface area contributed by atoms with E-state index in [1.165, 1.54) is 16.4 Å². The fourth-order valence-corrected chi connectivity index (χ4v) is 3.54. The average Bonchev–Trinajstić information content (AvgIpc) is 3.10. The number of aryl methyl sites for hydroxylation is 1. The molecule has 0 saturated heterocycles. The number of hydrogen-bond donors (Lipinski definition) is 0. The summed E-state index contributed by atoms with van der Waals surface area (Å²) < 4.78 is 3.65. The van der Waals surface area contributed by atoms with E-state index < -0.39 is 0 Å². The molecule has 4 rings (SSSR count). The largest absolute Gasteiger partial charge is 0.335 e. The lowest BCUT2D eigenvalue weighted by Crippen LogP contribution is -2.35. The highest BCUT2D eigenvalue weighted by atomic mass is 35.5. The Morgan fingerprint density at radius 2 is 1.96 bits per heavy atom. The Kier molecular flexibility index (Phi) is 4.46. The molecule has 0 N–H and O–H groups in total. The van der Waals surface area contributed by atoms with Crippen LogP contribution in [0.1, 0.15) is 27.7 Å². The average molecular weight is 371 g/mol. The highest BCUT2D eigenvalue weighted by Gasteiger charge is 2.26. The normalized spacial score (nSPS) is 14.2. The second-order valence-corrected chi connectivity index (χ2v) is 6.76. The lowest BCUT2D eigenvalue weighted by molar-refractivity contribution is 0.0748. The van der Waals surface area contributed by atoms with Crippen LogP contribution in [0, 0.1) is 0 Å². The van der Waals surface area contributed by atoms with Gasteiger partial charge >= 0.3 is 0 Å². The van der Waals surface area contributed by atoms with Gasteiger partial charge in [-0.05, 0) is 5.56 Å². The molecule has 0 bridgehead atoms. The van der Waals surface area contributed by atoms with Gasteiger partial charge in [0, 0.05) is 39.5 Å². The number of fused-ring (bicyclic) bond motifs is 1. The van der Waals surface area contributed by atoms with Crippen molar-refractivity contribution in [1.29, 1.82) is 0 Å². The topological polar surface area (TPSA) is 68.8 Å². The molecule has 0 atom stereocenters. The van der Waals surface area contributed by atoms with E-state index in [4.69, 9.17) is 11.6 Å². The molecule has 0 radical (unpaired) electrons. The number of carbonyl (C=O) groups excluding carboxylic acids is 1. The van der Waals surface area contributed by atoms with Gasteiger partial charge in [0.25, 0.3) is 5.91 Å². The third kappa shape index (κ3) is 3.10. The Balaban J connectivity index is 1.52. The molecule has 8 heteroatoms. The minimum Gasteiger partial charge on any atom is -0.335 e. The van der Waals surface area contributed by atoms with E-state index in [2.05, 4.69) is 32.0 Å². The molecule has 0 aliphatic carbocycles. The first-order valence-electron chi connectivity index (χ1n) is 8.55. The van der Waals surface area contributed by atoms with Crippen LogP contribution in [0.2, 0.25) is 5.02 Å². The van der Waals surface area contributed by atoms with E-state index in [9.17, 15) is 4.79 Å². The zero-order chi connectivity index (χ0) is 18.1. The van der Waals surface area contributed by atoms with Gasteiger partial charge in [-0.1, -0.05) is 41.9 Å². The summed E-state index contributed by atoms with van der Waals surface area (Å²) in [6.07, 6.45) is 2.90. The highest BCUT2D eigenvalue weighted by molar-refractivity contribution is 6.33. The monoisotopic (exact) mass is 370 g/mol. The summed E-state index contributed by atoms with van der Waals surface area (Å²) in [4.78, 5) is 14.6. The molecule has 0 fully saturated rings. The molecule has 0 spiro atoms. The van der Waals surface area contributed by atoms with Gasteiger partial charge in [-0.25, -0.2) is 0 Å². The number of halogens is 1. The summed E-state index contributed by atoms with van der Waals surface area (Å²) in [6.45, 7) is 1.85. The van der Waals surface area contributed by atoms with Crippen molar-refractivity contribution in [2.24, 2.45) is 7.05 Å². The maximum atomic E-state index is 12.8. The summed E-state index contributed by atoms with van der Waals surface area (Å²) in [5.41, 5.74) is 1.62. The van der Waals surface area contributed by atoms with Crippen molar-refractivity contribution in [3.05, 3.63) is 64.5 Å². The standard InChI is InChI=1S/C18H19ClN6O/c1-23-17(14(19)12-20-23)18(26)24-8-7-15-21-22-16(25(15)10-9-24)11-13-5-3-2-4-6-13/h2-6,12H,7-11H2,1H3. The van der Waals surface area contributed by atoms with Gasteiger partial charge < -0.3 is 9.47 Å². The van der Waals surface area contributed by atoms with E-state index in [0.29, 0.717) is 36.8 Å². The third-order valence-corrected chi connectivity index (χ3v) is 4.97. The molecule has 1 amide bonds. The van der Waals surface area contributed by atoms with Gasteiger partial charge in [0.2, 0.25) is 0 Å². The van der Waals surface area contributed by atoms with Crippen molar-refractivity contribution in [1.82, 2.24) is 29.4 Å². The molecule has 3 heterocycles. The number of amides is 1. The molecular formula is C18H19ClN6O. The Bertz CT molecular complexity index is 913. The van der Waals surface area contributed by atoms with Gasteiger partial charge in [-0.15, -0.1) is 10.2 Å². The minimum atomic E-state index is -0.0988. The number of aromatic nitrogens is 5. The summed E-state index contributed by atoms with van der Waals surface area (Å²) in [5.74, 6) is 1.75. The lowest BCUT2D eigenvalue weighted by atomic mass is 10.1. The molecule has 134 valence electrons. The summed E-state index contributed by atoms with van der Waals surface area (Å²) in [5, 5.41) is 13.1. The van der Waals surface area contributed by atoms with E-state index in [1.54, 1.807) is 7.05 Å². The number of carbonyl (C=O) groups is 1. The van der Waals surface area contributed by atoms with Gasteiger partial charge in [0.1, 0.15) is 17.3 Å². The van der Waals surface area contributed by atoms with Crippen LogP contribution in [0.25, 0.3) is 0 Å². The Labute approximate surface area is 156 Å². The lowest BCUT2D eigenvalue weighted by Gasteiger charge is -2.20. The fraction of sp³-hybridized carbons (Fsp3) is 0.333. The van der Waals surface area contributed by atoms with E-state index >= 15 is 0 Å². The number of nitrogens with zero attached hydrogens (tertiary/aromatic N) is 6. The van der Waals surface area contributed by atoms with Crippen molar-refractivity contribution in [3.63, 3.8) is 0 Å². The third-order valence-electron chi connectivity index (χ3n) is 4.69. The molecule has 0 unspecified atom stereocenters. The van der Waals surface area contributed by atoms with Crippen LogP contribution in [0.4, 0.5) is 0 Å². The fourth-order valence-electron chi connectivity index (χ4n) is 3.30. The van der Waals surface area contributed by atoms with Crippen LogP contribution in [-0.2, 0) is 26.4 Å². The summed E-state index contributed by atoms with van der Waals surface area (Å²) >= 11 is 6.13. The Morgan fingerprint density at radius 1 is 1.15 bits per heavy atom. The van der Waals surface area contributed by atoms with Gasteiger partial charge in [0.05, 0.1) is 11.2 Å². The molecule has 7 nitrogen and oxygen atoms in total. The number of hydrogen-bond acceptors (Lipinski definition) is 4. The van der Waals surface area contributed by atoms with Crippen LogP contribution in [0.15, 0.2) is 36.5 Å². The molecular weight excluding hydrogens is 352 g/mol. The van der Waals surface area contributed by atoms with Crippen LogP contribution in [0.5, 0.6) is 0 Å².